The number of aromatic nitrogens is 1. The highest BCUT2D eigenvalue weighted by molar-refractivity contribution is 5.84. The first kappa shape index (κ1) is 10.8. The summed E-state index contributed by atoms with van der Waals surface area (Å²) in [4.78, 5) is 11.4. The van der Waals surface area contributed by atoms with Crippen LogP contribution in [0.1, 0.15) is 26.2 Å². The van der Waals surface area contributed by atoms with E-state index in [1.165, 1.54) is 0 Å². The number of amides is 1. The van der Waals surface area contributed by atoms with Crippen molar-refractivity contribution in [2.24, 2.45) is 5.73 Å². The van der Waals surface area contributed by atoms with Crippen LogP contribution in [0.4, 0.5) is 0 Å². The van der Waals surface area contributed by atoms with Crippen LogP contribution in [-0.4, -0.2) is 16.6 Å². The molecule has 0 aliphatic carbocycles. The van der Waals surface area contributed by atoms with Gasteiger partial charge in [0, 0.05) is 24.9 Å². The molecule has 1 aromatic rings. The first-order chi connectivity index (χ1) is 6.72. The fraction of sp³-hybridized carbons (Fsp3) is 0.500. The van der Waals surface area contributed by atoms with Gasteiger partial charge in [0.1, 0.15) is 0 Å². The predicted molar refractivity (Wildman–Crippen MR) is 56.3 cm³/mol. The van der Waals surface area contributed by atoms with E-state index in [0.717, 1.165) is 12.8 Å². The van der Waals surface area contributed by atoms with Crippen molar-refractivity contribution < 1.29 is 4.79 Å². The molecular weight excluding hydrogens is 178 g/mol. The summed E-state index contributed by atoms with van der Waals surface area (Å²) in [5, 5.41) is 0. The zero-order valence-corrected chi connectivity index (χ0v) is 8.44. The summed E-state index contributed by atoms with van der Waals surface area (Å²) in [6, 6.07) is 3.67. The third-order valence-corrected chi connectivity index (χ3v) is 1.97. The van der Waals surface area contributed by atoms with Crippen LogP contribution in [0, 0.1) is 0 Å². The average Bonchev–Trinajstić information content (AvgIpc) is 2.56. The van der Waals surface area contributed by atoms with Gasteiger partial charge in [0.25, 0.3) is 0 Å². The normalized spacial score (nSPS) is 12.4. The predicted octanol–water partition coefficient (Wildman–Crippen LogP) is 1.08. The molecule has 0 saturated heterocycles. The van der Waals surface area contributed by atoms with Crippen LogP contribution in [0.2, 0.25) is 0 Å². The van der Waals surface area contributed by atoms with E-state index in [2.05, 4.69) is 12.3 Å². The Hall–Kier alpha value is -1.29. The van der Waals surface area contributed by atoms with Crippen molar-refractivity contribution >= 4 is 5.91 Å². The lowest BCUT2D eigenvalue weighted by molar-refractivity contribution is -0.117. The van der Waals surface area contributed by atoms with Crippen molar-refractivity contribution in [1.29, 1.82) is 0 Å². The number of nitrogens with zero attached hydrogens (tertiary/aromatic N) is 1. The SMILES string of the molecule is CCCC(N)CC(=O)Nn1cccc1. The molecule has 14 heavy (non-hydrogen) atoms. The third kappa shape index (κ3) is 3.62. The van der Waals surface area contributed by atoms with E-state index < -0.39 is 0 Å². The fourth-order valence-electron chi connectivity index (χ4n) is 1.31. The summed E-state index contributed by atoms with van der Waals surface area (Å²) in [7, 11) is 0. The Morgan fingerprint density at radius 1 is 1.50 bits per heavy atom. The highest BCUT2D eigenvalue weighted by Crippen LogP contribution is 1.98. The van der Waals surface area contributed by atoms with Crippen LogP contribution >= 0.6 is 0 Å². The quantitative estimate of drug-likeness (QED) is 0.738. The van der Waals surface area contributed by atoms with E-state index in [4.69, 9.17) is 5.73 Å². The Balaban J connectivity index is 2.29. The molecule has 1 rings (SSSR count). The summed E-state index contributed by atoms with van der Waals surface area (Å²) in [5.74, 6) is -0.0397. The fourth-order valence-corrected chi connectivity index (χ4v) is 1.31. The Morgan fingerprint density at radius 3 is 2.71 bits per heavy atom. The second kappa shape index (κ2) is 5.44. The van der Waals surface area contributed by atoms with Crippen LogP contribution in [0.5, 0.6) is 0 Å². The maximum absolute atomic E-state index is 11.4. The zero-order chi connectivity index (χ0) is 10.4. The van der Waals surface area contributed by atoms with Gasteiger partial charge < -0.3 is 5.73 Å². The smallest absolute Gasteiger partial charge is 0.240 e. The summed E-state index contributed by atoms with van der Waals surface area (Å²) in [6.45, 7) is 2.06. The molecular formula is C10H17N3O. The lowest BCUT2D eigenvalue weighted by atomic mass is 10.1. The average molecular weight is 195 g/mol. The summed E-state index contributed by atoms with van der Waals surface area (Å²) in [6.07, 6.45) is 5.84. The monoisotopic (exact) mass is 195 g/mol. The van der Waals surface area contributed by atoms with E-state index in [-0.39, 0.29) is 11.9 Å². The molecule has 78 valence electrons. The zero-order valence-electron chi connectivity index (χ0n) is 8.44. The van der Waals surface area contributed by atoms with E-state index >= 15 is 0 Å². The van der Waals surface area contributed by atoms with Crippen molar-refractivity contribution in [3.8, 4) is 0 Å². The maximum atomic E-state index is 11.4. The first-order valence-electron chi connectivity index (χ1n) is 4.90. The number of carbonyl (C=O) groups is 1. The number of carbonyl (C=O) groups excluding carboxylic acids is 1. The number of rotatable bonds is 5. The Kier molecular flexibility index (Phi) is 4.19. The van der Waals surface area contributed by atoms with Gasteiger partial charge in [0.15, 0.2) is 0 Å². The molecule has 0 bridgehead atoms. The van der Waals surface area contributed by atoms with E-state index in [1.54, 1.807) is 17.1 Å². The molecule has 1 unspecified atom stereocenters. The van der Waals surface area contributed by atoms with Crippen molar-refractivity contribution in [3.05, 3.63) is 24.5 Å². The van der Waals surface area contributed by atoms with Gasteiger partial charge in [-0.3, -0.25) is 14.9 Å². The number of hydrogen-bond donors (Lipinski definition) is 2. The van der Waals surface area contributed by atoms with Crippen molar-refractivity contribution in [2.75, 3.05) is 5.43 Å². The highest BCUT2D eigenvalue weighted by atomic mass is 16.2. The van der Waals surface area contributed by atoms with Crippen LogP contribution in [0.15, 0.2) is 24.5 Å². The molecule has 1 heterocycles. The molecule has 0 aliphatic rings. The Morgan fingerprint density at radius 2 is 2.14 bits per heavy atom. The van der Waals surface area contributed by atoms with Crippen molar-refractivity contribution in [2.45, 2.75) is 32.2 Å². The van der Waals surface area contributed by atoms with E-state index in [0.29, 0.717) is 6.42 Å². The third-order valence-electron chi connectivity index (χ3n) is 1.97. The minimum absolute atomic E-state index is 0.0319. The van der Waals surface area contributed by atoms with Crippen LogP contribution < -0.4 is 11.2 Å². The highest BCUT2D eigenvalue weighted by Gasteiger charge is 2.07. The number of nitrogens with two attached hydrogens (primary N) is 1. The van der Waals surface area contributed by atoms with Crippen LogP contribution in [0.3, 0.4) is 0 Å². The molecule has 0 radical (unpaired) electrons. The standard InChI is InChI=1S/C10H17N3O/c1-2-5-9(11)8-10(14)12-13-6-3-4-7-13/h3-4,6-7,9H,2,5,8,11H2,1H3,(H,12,14). The minimum Gasteiger partial charge on any atom is -0.327 e. The molecule has 1 amide bonds. The van der Waals surface area contributed by atoms with Crippen LogP contribution in [-0.2, 0) is 4.79 Å². The van der Waals surface area contributed by atoms with Gasteiger partial charge in [-0.05, 0) is 18.6 Å². The summed E-state index contributed by atoms with van der Waals surface area (Å²) >= 11 is 0. The van der Waals surface area contributed by atoms with Gasteiger partial charge >= 0.3 is 0 Å². The first-order valence-corrected chi connectivity index (χ1v) is 4.90. The molecule has 4 heteroatoms. The molecule has 1 atom stereocenters. The molecule has 4 nitrogen and oxygen atoms in total. The topological polar surface area (TPSA) is 60.1 Å². The van der Waals surface area contributed by atoms with Gasteiger partial charge in [-0.2, -0.15) is 0 Å². The molecule has 0 saturated carbocycles. The largest absolute Gasteiger partial charge is 0.327 e. The molecule has 0 fully saturated rings. The van der Waals surface area contributed by atoms with Crippen molar-refractivity contribution in [3.63, 3.8) is 0 Å². The Bertz CT molecular complexity index is 269. The summed E-state index contributed by atoms with van der Waals surface area (Å²) in [5.41, 5.74) is 8.45. The Labute approximate surface area is 84.1 Å². The van der Waals surface area contributed by atoms with E-state index in [9.17, 15) is 4.79 Å². The second-order valence-corrected chi connectivity index (χ2v) is 3.38. The van der Waals surface area contributed by atoms with Crippen molar-refractivity contribution in [1.82, 2.24) is 4.68 Å². The van der Waals surface area contributed by atoms with Gasteiger partial charge in [-0.1, -0.05) is 13.3 Å². The lowest BCUT2D eigenvalue weighted by Gasteiger charge is -2.10. The second-order valence-electron chi connectivity index (χ2n) is 3.38. The molecule has 3 N–H and O–H groups in total. The molecule has 0 aliphatic heterocycles. The van der Waals surface area contributed by atoms with Gasteiger partial charge in [-0.25, -0.2) is 0 Å². The summed E-state index contributed by atoms with van der Waals surface area (Å²) < 4.78 is 1.63. The van der Waals surface area contributed by atoms with Gasteiger partial charge in [-0.15, -0.1) is 0 Å². The molecule has 1 aromatic heterocycles. The van der Waals surface area contributed by atoms with E-state index in [1.807, 2.05) is 12.1 Å². The molecule has 0 aromatic carbocycles. The number of nitrogens with one attached hydrogen (secondary N) is 1. The van der Waals surface area contributed by atoms with Gasteiger partial charge in [0.05, 0.1) is 0 Å². The maximum Gasteiger partial charge on any atom is 0.240 e. The number of hydrogen-bond acceptors (Lipinski definition) is 2. The molecule has 0 spiro atoms. The van der Waals surface area contributed by atoms with Crippen LogP contribution in [0.25, 0.3) is 0 Å². The lowest BCUT2D eigenvalue weighted by Crippen LogP contribution is -2.30. The minimum atomic E-state index is -0.0397. The van der Waals surface area contributed by atoms with Gasteiger partial charge in [0.2, 0.25) is 5.91 Å².